The Labute approximate surface area is 131 Å². The molecule has 3 heteroatoms. The summed E-state index contributed by atoms with van der Waals surface area (Å²) in [6.07, 6.45) is 0.788. The van der Waals surface area contributed by atoms with Crippen molar-refractivity contribution in [2.75, 3.05) is 7.11 Å². The Balaban J connectivity index is 2.32. The molecule has 0 radical (unpaired) electrons. The van der Waals surface area contributed by atoms with Crippen LogP contribution in [0.25, 0.3) is 0 Å². The highest BCUT2D eigenvalue weighted by Gasteiger charge is 2.15. The molecular weight excluding hydrogens is 282 g/mol. The highest BCUT2D eigenvalue weighted by atomic mass is 35.5. The van der Waals surface area contributed by atoms with Gasteiger partial charge in [-0.1, -0.05) is 35.4 Å². The first kappa shape index (κ1) is 15.9. The largest absolute Gasteiger partial charge is 0.496 e. The van der Waals surface area contributed by atoms with E-state index in [1.807, 2.05) is 18.2 Å². The third-order valence-electron chi connectivity index (χ3n) is 3.86. The number of halogens is 1. The fourth-order valence-corrected chi connectivity index (χ4v) is 3.02. The van der Waals surface area contributed by atoms with Crippen LogP contribution >= 0.6 is 11.6 Å². The van der Waals surface area contributed by atoms with Crippen LogP contribution in [0.3, 0.4) is 0 Å². The van der Waals surface area contributed by atoms with Gasteiger partial charge in [0.1, 0.15) is 5.75 Å². The molecule has 0 fully saturated rings. The van der Waals surface area contributed by atoms with Crippen molar-refractivity contribution in [1.82, 2.24) is 0 Å². The van der Waals surface area contributed by atoms with Gasteiger partial charge in [0, 0.05) is 16.6 Å². The highest BCUT2D eigenvalue weighted by Crippen LogP contribution is 2.30. The molecular formula is C18H22ClNO. The number of nitrogens with two attached hydrogens (primary N) is 1. The molecule has 2 rings (SSSR count). The lowest BCUT2D eigenvalue weighted by Crippen LogP contribution is -2.16. The van der Waals surface area contributed by atoms with Gasteiger partial charge in [-0.3, -0.25) is 0 Å². The Kier molecular flexibility index (Phi) is 4.92. The molecule has 0 spiro atoms. The van der Waals surface area contributed by atoms with E-state index in [9.17, 15) is 0 Å². The summed E-state index contributed by atoms with van der Waals surface area (Å²) in [5.41, 5.74) is 12.6. The summed E-state index contributed by atoms with van der Waals surface area (Å²) in [7, 11) is 1.64. The predicted octanol–water partition coefficient (Wildman–Crippen LogP) is 4.52. The van der Waals surface area contributed by atoms with Crippen molar-refractivity contribution in [2.45, 2.75) is 33.2 Å². The number of methoxy groups -OCH3 is 1. The van der Waals surface area contributed by atoms with E-state index in [1.54, 1.807) is 7.11 Å². The molecule has 1 unspecified atom stereocenters. The minimum absolute atomic E-state index is 0.114. The molecule has 0 aliphatic heterocycles. The van der Waals surface area contributed by atoms with E-state index in [0.29, 0.717) is 5.02 Å². The summed E-state index contributed by atoms with van der Waals surface area (Å²) in [5, 5.41) is 0.658. The second-order valence-electron chi connectivity index (χ2n) is 5.57. The third kappa shape index (κ3) is 3.58. The molecule has 112 valence electrons. The van der Waals surface area contributed by atoms with E-state index in [2.05, 4.69) is 32.9 Å². The molecule has 0 aliphatic rings. The van der Waals surface area contributed by atoms with E-state index >= 15 is 0 Å². The highest BCUT2D eigenvalue weighted by molar-refractivity contribution is 6.30. The van der Waals surface area contributed by atoms with Gasteiger partial charge in [0.25, 0.3) is 0 Å². The Morgan fingerprint density at radius 2 is 1.71 bits per heavy atom. The van der Waals surface area contributed by atoms with Gasteiger partial charge in [-0.25, -0.2) is 0 Å². The second kappa shape index (κ2) is 6.50. The Morgan fingerprint density at radius 1 is 1.10 bits per heavy atom. The Morgan fingerprint density at radius 3 is 2.29 bits per heavy atom. The monoisotopic (exact) mass is 303 g/mol. The maximum Gasteiger partial charge on any atom is 0.125 e. The fourth-order valence-electron chi connectivity index (χ4n) is 2.85. The van der Waals surface area contributed by atoms with Gasteiger partial charge in [-0.2, -0.15) is 0 Å². The topological polar surface area (TPSA) is 35.2 Å². The molecule has 2 nitrogen and oxygen atoms in total. The lowest BCUT2D eigenvalue weighted by molar-refractivity contribution is 0.405. The molecule has 0 saturated heterocycles. The van der Waals surface area contributed by atoms with E-state index in [1.165, 1.54) is 22.3 Å². The quantitative estimate of drug-likeness (QED) is 0.901. The van der Waals surface area contributed by atoms with Crippen LogP contribution in [0, 0.1) is 20.8 Å². The molecule has 1 atom stereocenters. The molecule has 2 aromatic rings. The van der Waals surface area contributed by atoms with Gasteiger partial charge < -0.3 is 10.5 Å². The smallest absolute Gasteiger partial charge is 0.125 e. The minimum Gasteiger partial charge on any atom is -0.496 e. The van der Waals surface area contributed by atoms with Crippen molar-refractivity contribution in [3.63, 3.8) is 0 Å². The first-order valence-electron chi connectivity index (χ1n) is 7.08. The van der Waals surface area contributed by atoms with Gasteiger partial charge >= 0.3 is 0 Å². The molecule has 2 N–H and O–H groups in total. The lowest BCUT2D eigenvalue weighted by Gasteiger charge is -2.19. The summed E-state index contributed by atoms with van der Waals surface area (Å²) in [6, 6.07) is 9.91. The molecule has 0 aromatic heterocycles. The first-order chi connectivity index (χ1) is 9.92. The number of benzene rings is 2. The summed E-state index contributed by atoms with van der Waals surface area (Å²) in [4.78, 5) is 0. The van der Waals surface area contributed by atoms with Crippen LogP contribution < -0.4 is 10.5 Å². The zero-order valence-electron chi connectivity index (χ0n) is 13.0. The van der Waals surface area contributed by atoms with Crippen LogP contribution in [0.1, 0.15) is 33.9 Å². The van der Waals surface area contributed by atoms with Gasteiger partial charge in [0.2, 0.25) is 0 Å². The molecule has 0 saturated carbocycles. The van der Waals surface area contributed by atoms with Gasteiger partial charge in [-0.05, 0) is 56.0 Å². The average molecular weight is 304 g/mol. The van der Waals surface area contributed by atoms with Crippen LogP contribution in [0.2, 0.25) is 5.02 Å². The van der Waals surface area contributed by atoms with E-state index in [0.717, 1.165) is 17.7 Å². The minimum atomic E-state index is -0.114. The molecule has 0 bridgehead atoms. The second-order valence-corrected chi connectivity index (χ2v) is 6.01. The third-order valence-corrected chi connectivity index (χ3v) is 4.09. The number of hydrogen-bond donors (Lipinski definition) is 1. The Bertz CT molecular complexity index is 629. The summed E-state index contributed by atoms with van der Waals surface area (Å²) in [5.74, 6) is 0.748. The normalized spacial score (nSPS) is 12.3. The Hall–Kier alpha value is -1.51. The van der Waals surface area contributed by atoms with Gasteiger partial charge in [0.05, 0.1) is 7.11 Å². The summed E-state index contributed by atoms with van der Waals surface area (Å²) < 4.78 is 5.40. The standard InChI is InChI=1S/C18H22ClNO/c1-11-7-12(2)16(13(3)8-11)10-17(20)15-6-5-14(19)9-18(15)21-4/h5-9,17H,10,20H2,1-4H3. The van der Waals surface area contributed by atoms with Crippen molar-refractivity contribution < 1.29 is 4.74 Å². The number of aryl methyl sites for hydroxylation is 3. The van der Waals surface area contributed by atoms with Crippen molar-refractivity contribution in [1.29, 1.82) is 0 Å². The van der Waals surface area contributed by atoms with Crippen molar-refractivity contribution in [2.24, 2.45) is 5.73 Å². The SMILES string of the molecule is COc1cc(Cl)ccc1C(N)Cc1c(C)cc(C)cc1C. The summed E-state index contributed by atoms with van der Waals surface area (Å²) in [6.45, 7) is 6.40. The van der Waals surface area contributed by atoms with Crippen molar-refractivity contribution >= 4 is 11.6 Å². The zero-order valence-corrected chi connectivity index (χ0v) is 13.8. The molecule has 0 amide bonds. The van der Waals surface area contributed by atoms with Crippen LogP contribution in [0.4, 0.5) is 0 Å². The fraction of sp³-hybridized carbons (Fsp3) is 0.333. The molecule has 21 heavy (non-hydrogen) atoms. The summed E-state index contributed by atoms with van der Waals surface area (Å²) >= 11 is 6.01. The van der Waals surface area contributed by atoms with Crippen LogP contribution in [0.15, 0.2) is 30.3 Å². The lowest BCUT2D eigenvalue weighted by atomic mass is 9.92. The number of ether oxygens (including phenoxy) is 1. The molecule has 2 aromatic carbocycles. The molecule has 0 aliphatic carbocycles. The van der Waals surface area contributed by atoms with Crippen LogP contribution in [0.5, 0.6) is 5.75 Å². The van der Waals surface area contributed by atoms with E-state index in [4.69, 9.17) is 22.1 Å². The first-order valence-corrected chi connectivity index (χ1v) is 7.46. The zero-order chi connectivity index (χ0) is 15.6. The van der Waals surface area contributed by atoms with E-state index < -0.39 is 0 Å². The van der Waals surface area contributed by atoms with Crippen molar-refractivity contribution in [3.8, 4) is 5.75 Å². The van der Waals surface area contributed by atoms with E-state index in [-0.39, 0.29) is 6.04 Å². The maximum absolute atomic E-state index is 6.41. The number of rotatable bonds is 4. The maximum atomic E-state index is 6.41. The predicted molar refractivity (Wildman–Crippen MR) is 89.3 cm³/mol. The van der Waals surface area contributed by atoms with Crippen molar-refractivity contribution in [3.05, 3.63) is 63.2 Å². The van der Waals surface area contributed by atoms with Crippen LogP contribution in [-0.4, -0.2) is 7.11 Å². The average Bonchev–Trinajstić information content (AvgIpc) is 2.42. The van der Waals surface area contributed by atoms with Gasteiger partial charge in [0.15, 0.2) is 0 Å². The van der Waals surface area contributed by atoms with Gasteiger partial charge in [-0.15, -0.1) is 0 Å². The van der Waals surface area contributed by atoms with Crippen LogP contribution in [-0.2, 0) is 6.42 Å². The molecule has 0 heterocycles. The number of hydrogen-bond acceptors (Lipinski definition) is 2.